The van der Waals surface area contributed by atoms with Gasteiger partial charge in [0.1, 0.15) is 5.75 Å². The number of rotatable bonds is 5. The van der Waals surface area contributed by atoms with Crippen LogP contribution in [-0.4, -0.2) is 5.11 Å². The van der Waals surface area contributed by atoms with E-state index in [4.69, 9.17) is 0 Å². The van der Waals surface area contributed by atoms with Crippen molar-refractivity contribution in [1.29, 1.82) is 0 Å². The summed E-state index contributed by atoms with van der Waals surface area (Å²) < 4.78 is 0. The van der Waals surface area contributed by atoms with E-state index in [0.717, 1.165) is 17.8 Å². The minimum Gasteiger partial charge on any atom is -0.508 e. The zero-order valence-electron chi connectivity index (χ0n) is 10.7. The summed E-state index contributed by atoms with van der Waals surface area (Å²) in [5.41, 5.74) is 3.32. The number of phenols is 1. The second kappa shape index (κ2) is 6.10. The number of aromatic hydroxyl groups is 1. The zero-order valence-corrected chi connectivity index (χ0v) is 10.7. The Morgan fingerprint density at radius 2 is 1.78 bits per heavy atom. The van der Waals surface area contributed by atoms with Crippen molar-refractivity contribution in [3.05, 3.63) is 54.1 Å². The monoisotopic (exact) mass is 241 g/mol. The lowest BCUT2D eigenvalue weighted by atomic mass is 10.1. The van der Waals surface area contributed by atoms with Gasteiger partial charge in [-0.15, -0.1) is 0 Å². The van der Waals surface area contributed by atoms with Crippen molar-refractivity contribution in [1.82, 2.24) is 0 Å². The van der Waals surface area contributed by atoms with E-state index in [-0.39, 0.29) is 5.75 Å². The first kappa shape index (κ1) is 12.5. The minimum atomic E-state index is 0.277. The summed E-state index contributed by atoms with van der Waals surface area (Å²) in [4.78, 5) is 0. The quantitative estimate of drug-likeness (QED) is 0.809. The molecule has 0 radical (unpaired) electrons. The third-order valence-corrected chi connectivity index (χ3v) is 2.91. The lowest BCUT2D eigenvalue weighted by Gasteiger charge is -2.07. The van der Waals surface area contributed by atoms with Crippen LogP contribution in [0.5, 0.6) is 5.75 Å². The van der Waals surface area contributed by atoms with Gasteiger partial charge in [-0.3, -0.25) is 0 Å². The maximum absolute atomic E-state index is 9.39. The van der Waals surface area contributed by atoms with E-state index in [2.05, 4.69) is 36.5 Å². The van der Waals surface area contributed by atoms with E-state index in [9.17, 15) is 5.11 Å². The average Bonchev–Trinajstić information content (AvgIpc) is 2.38. The molecule has 0 fully saturated rings. The summed E-state index contributed by atoms with van der Waals surface area (Å²) in [5.74, 6) is 0.277. The Labute approximate surface area is 108 Å². The van der Waals surface area contributed by atoms with Crippen molar-refractivity contribution in [3.63, 3.8) is 0 Å². The van der Waals surface area contributed by atoms with Crippen molar-refractivity contribution in [3.8, 4) is 5.75 Å². The molecule has 0 saturated heterocycles. The highest BCUT2D eigenvalue weighted by Crippen LogP contribution is 2.21. The van der Waals surface area contributed by atoms with E-state index < -0.39 is 0 Å². The fourth-order valence-corrected chi connectivity index (χ4v) is 1.89. The molecule has 0 aliphatic carbocycles. The van der Waals surface area contributed by atoms with Crippen LogP contribution in [0.15, 0.2) is 48.5 Å². The van der Waals surface area contributed by atoms with Gasteiger partial charge in [-0.1, -0.05) is 31.5 Å². The van der Waals surface area contributed by atoms with Crippen LogP contribution >= 0.6 is 0 Å². The molecule has 2 heteroatoms. The second-order valence-corrected chi connectivity index (χ2v) is 4.48. The molecular weight excluding hydrogens is 222 g/mol. The van der Waals surface area contributed by atoms with Crippen molar-refractivity contribution < 1.29 is 5.11 Å². The molecule has 0 aliphatic rings. The molecule has 2 N–H and O–H groups in total. The Bertz CT molecular complexity index is 491. The van der Waals surface area contributed by atoms with Crippen LogP contribution in [0.2, 0.25) is 0 Å². The smallest absolute Gasteiger partial charge is 0.117 e. The number of anilines is 2. The summed E-state index contributed by atoms with van der Waals surface area (Å²) in [6, 6.07) is 15.6. The van der Waals surface area contributed by atoms with Crippen LogP contribution in [0.25, 0.3) is 0 Å². The predicted octanol–water partition coefficient (Wildman–Crippen LogP) is 4.48. The second-order valence-electron chi connectivity index (χ2n) is 4.48. The molecule has 0 saturated carbocycles. The third kappa shape index (κ3) is 3.52. The molecule has 2 nitrogen and oxygen atoms in total. The number of hydrogen-bond acceptors (Lipinski definition) is 2. The van der Waals surface area contributed by atoms with Gasteiger partial charge in [0.2, 0.25) is 0 Å². The summed E-state index contributed by atoms with van der Waals surface area (Å²) in [6.45, 7) is 2.21. The van der Waals surface area contributed by atoms with Gasteiger partial charge in [0.15, 0.2) is 0 Å². The molecule has 0 spiro atoms. The van der Waals surface area contributed by atoms with Crippen molar-refractivity contribution in [2.24, 2.45) is 0 Å². The molecule has 2 aromatic rings. The van der Waals surface area contributed by atoms with Gasteiger partial charge in [0, 0.05) is 17.4 Å². The Kier molecular flexibility index (Phi) is 4.24. The van der Waals surface area contributed by atoms with Crippen LogP contribution in [0.1, 0.15) is 25.3 Å². The van der Waals surface area contributed by atoms with Crippen molar-refractivity contribution in [2.75, 3.05) is 5.32 Å². The standard InChI is InChI=1S/C16H19NO/c1-2-3-5-13-8-10-14(11-9-13)17-15-6-4-7-16(18)12-15/h4,6-12,17-18H,2-3,5H2,1H3. The minimum absolute atomic E-state index is 0.277. The summed E-state index contributed by atoms with van der Waals surface area (Å²) in [7, 11) is 0. The van der Waals surface area contributed by atoms with Crippen LogP contribution in [0.4, 0.5) is 11.4 Å². The molecule has 0 heterocycles. The highest BCUT2D eigenvalue weighted by molar-refractivity contribution is 5.61. The maximum atomic E-state index is 9.39. The van der Waals surface area contributed by atoms with E-state index in [0.29, 0.717) is 0 Å². The van der Waals surface area contributed by atoms with Gasteiger partial charge in [0.25, 0.3) is 0 Å². The number of nitrogens with one attached hydrogen (secondary N) is 1. The molecule has 2 aromatic carbocycles. The number of benzene rings is 2. The van der Waals surface area contributed by atoms with Crippen molar-refractivity contribution in [2.45, 2.75) is 26.2 Å². The molecule has 0 aliphatic heterocycles. The Hall–Kier alpha value is -1.96. The Morgan fingerprint density at radius 3 is 2.44 bits per heavy atom. The third-order valence-electron chi connectivity index (χ3n) is 2.91. The summed E-state index contributed by atoms with van der Waals surface area (Å²) >= 11 is 0. The maximum Gasteiger partial charge on any atom is 0.117 e. The van der Waals surface area contributed by atoms with Gasteiger partial charge in [-0.05, 0) is 42.7 Å². The fraction of sp³-hybridized carbons (Fsp3) is 0.250. The van der Waals surface area contributed by atoms with Crippen LogP contribution < -0.4 is 5.32 Å². The Morgan fingerprint density at radius 1 is 1.00 bits per heavy atom. The average molecular weight is 241 g/mol. The first-order valence-electron chi connectivity index (χ1n) is 6.43. The van der Waals surface area contributed by atoms with Gasteiger partial charge in [-0.25, -0.2) is 0 Å². The molecule has 94 valence electrons. The van der Waals surface area contributed by atoms with Crippen LogP contribution in [0, 0.1) is 0 Å². The predicted molar refractivity (Wildman–Crippen MR) is 76.4 cm³/mol. The largest absolute Gasteiger partial charge is 0.508 e. The first-order valence-corrected chi connectivity index (χ1v) is 6.43. The fourth-order valence-electron chi connectivity index (χ4n) is 1.89. The lowest BCUT2D eigenvalue weighted by molar-refractivity contribution is 0.475. The number of unbranched alkanes of at least 4 members (excludes halogenated alkanes) is 1. The van der Waals surface area contributed by atoms with Gasteiger partial charge < -0.3 is 10.4 Å². The van der Waals surface area contributed by atoms with Crippen molar-refractivity contribution >= 4 is 11.4 Å². The van der Waals surface area contributed by atoms with E-state index in [1.807, 2.05) is 12.1 Å². The molecular formula is C16H19NO. The summed E-state index contributed by atoms with van der Waals surface area (Å²) in [5, 5.41) is 12.7. The highest BCUT2D eigenvalue weighted by Gasteiger charge is 1.97. The summed E-state index contributed by atoms with van der Waals surface area (Å²) in [6.07, 6.45) is 3.60. The molecule has 0 bridgehead atoms. The number of phenolic OH excluding ortho intramolecular Hbond substituents is 1. The zero-order chi connectivity index (χ0) is 12.8. The first-order chi connectivity index (χ1) is 8.78. The number of hydrogen-bond donors (Lipinski definition) is 2. The van der Waals surface area contributed by atoms with Crippen LogP contribution in [0.3, 0.4) is 0 Å². The SMILES string of the molecule is CCCCc1ccc(Nc2cccc(O)c2)cc1. The molecule has 0 atom stereocenters. The van der Waals surface area contributed by atoms with E-state index in [1.165, 1.54) is 18.4 Å². The van der Waals surface area contributed by atoms with Gasteiger partial charge >= 0.3 is 0 Å². The number of aryl methyl sites for hydroxylation is 1. The molecule has 0 amide bonds. The van der Waals surface area contributed by atoms with E-state index in [1.54, 1.807) is 12.1 Å². The topological polar surface area (TPSA) is 32.3 Å². The van der Waals surface area contributed by atoms with E-state index >= 15 is 0 Å². The molecule has 0 aromatic heterocycles. The van der Waals surface area contributed by atoms with Gasteiger partial charge in [-0.2, -0.15) is 0 Å². The molecule has 0 unspecified atom stereocenters. The molecule has 2 rings (SSSR count). The normalized spacial score (nSPS) is 10.3. The lowest BCUT2D eigenvalue weighted by Crippen LogP contribution is -1.91. The van der Waals surface area contributed by atoms with Gasteiger partial charge in [0.05, 0.1) is 0 Å². The Balaban J connectivity index is 2.02. The molecule has 18 heavy (non-hydrogen) atoms. The highest BCUT2D eigenvalue weighted by atomic mass is 16.3. The van der Waals surface area contributed by atoms with Crippen LogP contribution in [-0.2, 0) is 6.42 Å².